The van der Waals surface area contributed by atoms with Crippen molar-refractivity contribution in [2.24, 2.45) is 23.3 Å². The van der Waals surface area contributed by atoms with E-state index in [1.165, 1.54) is 0 Å². The van der Waals surface area contributed by atoms with Crippen LogP contribution in [0.5, 0.6) is 0 Å². The molecule has 5 N–H and O–H groups in total. The molecule has 2 atom stereocenters. The van der Waals surface area contributed by atoms with E-state index in [0.717, 1.165) is 0 Å². The van der Waals surface area contributed by atoms with E-state index >= 15 is 0 Å². The van der Waals surface area contributed by atoms with Crippen molar-refractivity contribution in [2.45, 2.75) is 0 Å². The summed E-state index contributed by atoms with van der Waals surface area (Å²) < 4.78 is 0. The van der Waals surface area contributed by atoms with Gasteiger partial charge >= 0.3 is 0 Å². The Bertz CT molecular complexity index is 172. The highest BCUT2D eigenvalue weighted by Gasteiger charge is 2.34. The first-order valence-corrected chi connectivity index (χ1v) is 3.42. The van der Waals surface area contributed by atoms with Crippen molar-refractivity contribution in [2.75, 3.05) is 13.1 Å². The number of nitrogens with two attached hydrogens (primary N) is 2. The number of hydrogen-bond acceptors (Lipinski definition) is 3. The van der Waals surface area contributed by atoms with Gasteiger partial charge in [-0.15, -0.1) is 0 Å². The Hall–Kier alpha value is -1.10. The lowest BCUT2D eigenvalue weighted by atomic mass is 9.95. The number of rotatable bonds is 2. The third kappa shape index (κ3) is 1.48. The van der Waals surface area contributed by atoms with Crippen LogP contribution < -0.4 is 16.8 Å². The van der Waals surface area contributed by atoms with Gasteiger partial charge in [-0.25, -0.2) is 0 Å². The standard InChI is InChI=1S/C6H11N3O2/c7-5(10)3-1-9-2-4(3)6(8)11/h3-4,9H,1-2H2,(H2,7,10)(H2,8,11). The maximum Gasteiger partial charge on any atom is 0.222 e. The smallest absolute Gasteiger partial charge is 0.222 e. The Kier molecular flexibility index (Phi) is 2.09. The normalized spacial score (nSPS) is 30.2. The van der Waals surface area contributed by atoms with Crippen LogP contribution in [0.25, 0.3) is 0 Å². The van der Waals surface area contributed by atoms with Gasteiger partial charge in [0.05, 0.1) is 11.8 Å². The van der Waals surface area contributed by atoms with Gasteiger partial charge in [-0.3, -0.25) is 9.59 Å². The van der Waals surface area contributed by atoms with Crippen LogP contribution in [-0.2, 0) is 9.59 Å². The maximum absolute atomic E-state index is 10.7. The summed E-state index contributed by atoms with van der Waals surface area (Å²) in [6.45, 7) is 0.923. The molecule has 2 amide bonds. The lowest BCUT2D eigenvalue weighted by Gasteiger charge is -2.09. The summed E-state index contributed by atoms with van der Waals surface area (Å²) in [7, 11) is 0. The molecule has 1 saturated heterocycles. The lowest BCUT2D eigenvalue weighted by Crippen LogP contribution is -2.36. The number of primary amides is 2. The molecule has 0 radical (unpaired) electrons. The van der Waals surface area contributed by atoms with Crippen molar-refractivity contribution in [3.63, 3.8) is 0 Å². The van der Waals surface area contributed by atoms with E-state index in [-0.39, 0.29) is 0 Å². The molecule has 11 heavy (non-hydrogen) atoms. The number of nitrogens with one attached hydrogen (secondary N) is 1. The van der Waals surface area contributed by atoms with E-state index < -0.39 is 23.7 Å². The topological polar surface area (TPSA) is 98.2 Å². The zero-order valence-corrected chi connectivity index (χ0v) is 6.04. The molecule has 0 spiro atoms. The van der Waals surface area contributed by atoms with Gasteiger partial charge in [-0.05, 0) is 0 Å². The minimum Gasteiger partial charge on any atom is -0.369 e. The summed E-state index contributed by atoms with van der Waals surface area (Å²) in [6.07, 6.45) is 0. The summed E-state index contributed by atoms with van der Waals surface area (Å²) in [4.78, 5) is 21.4. The molecule has 2 unspecified atom stereocenters. The maximum atomic E-state index is 10.7. The Morgan fingerprint density at radius 2 is 1.45 bits per heavy atom. The predicted octanol–water partition coefficient (Wildman–Crippen LogP) is -2.21. The second kappa shape index (κ2) is 2.87. The first-order chi connectivity index (χ1) is 5.13. The van der Waals surface area contributed by atoms with Gasteiger partial charge in [0, 0.05) is 13.1 Å². The minimum absolute atomic E-state index is 0.424. The molecule has 1 aliphatic heterocycles. The van der Waals surface area contributed by atoms with E-state index in [9.17, 15) is 9.59 Å². The van der Waals surface area contributed by atoms with Crippen LogP contribution in [0.1, 0.15) is 0 Å². The molecule has 0 bridgehead atoms. The van der Waals surface area contributed by atoms with Crippen molar-refractivity contribution < 1.29 is 9.59 Å². The van der Waals surface area contributed by atoms with Crippen molar-refractivity contribution >= 4 is 11.8 Å². The zero-order valence-electron chi connectivity index (χ0n) is 6.04. The second-order valence-corrected chi connectivity index (χ2v) is 2.68. The lowest BCUT2D eigenvalue weighted by molar-refractivity contribution is -0.129. The number of hydrogen-bond donors (Lipinski definition) is 3. The molecule has 0 aromatic carbocycles. The highest BCUT2D eigenvalue weighted by atomic mass is 16.2. The highest BCUT2D eigenvalue weighted by Crippen LogP contribution is 2.14. The molecule has 1 heterocycles. The molecule has 1 rings (SSSR count). The van der Waals surface area contributed by atoms with Crippen molar-refractivity contribution in [3.05, 3.63) is 0 Å². The third-order valence-electron chi connectivity index (χ3n) is 1.95. The zero-order chi connectivity index (χ0) is 8.43. The highest BCUT2D eigenvalue weighted by molar-refractivity contribution is 5.86. The summed E-state index contributed by atoms with van der Waals surface area (Å²) in [6, 6.07) is 0. The van der Waals surface area contributed by atoms with Gasteiger partial charge in [0.25, 0.3) is 0 Å². The summed E-state index contributed by atoms with van der Waals surface area (Å²) in [5, 5.41) is 2.88. The van der Waals surface area contributed by atoms with Gasteiger partial charge in [0.2, 0.25) is 11.8 Å². The summed E-state index contributed by atoms with van der Waals surface area (Å²) >= 11 is 0. The first-order valence-electron chi connectivity index (χ1n) is 3.42. The Balaban J connectivity index is 2.65. The van der Waals surface area contributed by atoms with Gasteiger partial charge in [0.1, 0.15) is 0 Å². The number of carbonyl (C=O) groups is 2. The second-order valence-electron chi connectivity index (χ2n) is 2.68. The van der Waals surface area contributed by atoms with Gasteiger partial charge < -0.3 is 16.8 Å². The molecule has 5 nitrogen and oxygen atoms in total. The van der Waals surface area contributed by atoms with E-state index in [0.29, 0.717) is 13.1 Å². The molecule has 5 heteroatoms. The average molecular weight is 157 g/mol. The van der Waals surface area contributed by atoms with Gasteiger partial charge in [0.15, 0.2) is 0 Å². The van der Waals surface area contributed by atoms with Crippen LogP contribution in [0, 0.1) is 11.8 Å². The Morgan fingerprint density at radius 1 is 1.09 bits per heavy atom. The van der Waals surface area contributed by atoms with Crippen molar-refractivity contribution in [1.29, 1.82) is 0 Å². The van der Waals surface area contributed by atoms with Crippen LogP contribution in [-0.4, -0.2) is 24.9 Å². The fourth-order valence-corrected chi connectivity index (χ4v) is 1.28. The van der Waals surface area contributed by atoms with Crippen LogP contribution in [0.2, 0.25) is 0 Å². The SMILES string of the molecule is NC(=O)C1CNCC1C(N)=O. The molecule has 62 valence electrons. The van der Waals surface area contributed by atoms with Crippen LogP contribution in [0.15, 0.2) is 0 Å². The molecule has 1 fully saturated rings. The summed E-state index contributed by atoms with van der Waals surface area (Å²) in [5.41, 5.74) is 10.1. The Labute approximate surface area is 64.1 Å². The fourth-order valence-electron chi connectivity index (χ4n) is 1.28. The average Bonchev–Trinajstić information content (AvgIpc) is 2.32. The minimum atomic E-state index is -0.459. The van der Waals surface area contributed by atoms with Crippen molar-refractivity contribution in [3.8, 4) is 0 Å². The monoisotopic (exact) mass is 157 g/mol. The largest absolute Gasteiger partial charge is 0.369 e. The Morgan fingerprint density at radius 3 is 1.73 bits per heavy atom. The van der Waals surface area contributed by atoms with E-state index in [2.05, 4.69) is 5.32 Å². The summed E-state index contributed by atoms with van der Waals surface area (Å²) in [5.74, 6) is -1.77. The van der Waals surface area contributed by atoms with E-state index in [1.807, 2.05) is 0 Å². The van der Waals surface area contributed by atoms with Crippen LogP contribution >= 0.6 is 0 Å². The van der Waals surface area contributed by atoms with Crippen LogP contribution in [0.3, 0.4) is 0 Å². The van der Waals surface area contributed by atoms with Gasteiger partial charge in [-0.2, -0.15) is 0 Å². The van der Waals surface area contributed by atoms with Crippen molar-refractivity contribution in [1.82, 2.24) is 5.32 Å². The molecule has 0 aliphatic carbocycles. The first kappa shape index (κ1) is 8.00. The third-order valence-corrected chi connectivity index (χ3v) is 1.95. The molecular weight excluding hydrogens is 146 g/mol. The molecule has 0 aromatic rings. The predicted molar refractivity (Wildman–Crippen MR) is 38.2 cm³/mol. The van der Waals surface area contributed by atoms with Gasteiger partial charge in [-0.1, -0.05) is 0 Å². The molecule has 1 aliphatic rings. The fraction of sp³-hybridized carbons (Fsp3) is 0.667. The number of carbonyl (C=O) groups excluding carboxylic acids is 2. The number of amides is 2. The van der Waals surface area contributed by atoms with E-state index in [1.54, 1.807) is 0 Å². The molecular formula is C6H11N3O2. The molecule has 0 saturated carbocycles. The van der Waals surface area contributed by atoms with E-state index in [4.69, 9.17) is 11.5 Å². The van der Waals surface area contributed by atoms with Crippen LogP contribution in [0.4, 0.5) is 0 Å². The quantitative estimate of drug-likeness (QED) is 0.424. The molecule has 0 aromatic heterocycles.